The van der Waals surface area contributed by atoms with Crippen molar-refractivity contribution in [3.63, 3.8) is 0 Å². The van der Waals surface area contributed by atoms with Gasteiger partial charge in [-0.1, -0.05) is 0 Å². The van der Waals surface area contributed by atoms with Crippen LogP contribution in [0.1, 0.15) is 10.4 Å². The number of pyridine rings is 1. The number of nitrogens with two attached hydrogens (primary N) is 1. The van der Waals surface area contributed by atoms with Crippen molar-refractivity contribution in [2.24, 2.45) is 5.73 Å². The van der Waals surface area contributed by atoms with Gasteiger partial charge in [0, 0.05) is 12.3 Å². The summed E-state index contributed by atoms with van der Waals surface area (Å²) < 4.78 is 10.4. The number of primary amides is 1. The number of methoxy groups -OCH3 is 2. The minimum atomic E-state index is -0.553. The van der Waals surface area contributed by atoms with Crippen molar-refractivity contribution in [2.75, 3.05) is 19.5 Å². The van der Waals surface area contributed by atoms with Crippen LogP contribution in [0.25, 0.3) is 0 Å². The Kier molecular flexibility index (Phi) is 4.05. The van der Waals surface area contributed by atoms with Crippen LogP contribution in [-0.4, -0.2) is 25.1 Å². The van der Waals surface area contributed by atoms with E-state index in [-0.39, 0.29) is 0 Å². The summed E-state index contributed by atoms with van der Waals surface area (Å²) in [4.78, 5) is 15.5. The van der Waals surface area contributed by atoms with Gasteiger partial charge in [0.25, 0.3) is 5.91 Å². The molecule has 1 amide bonds. The molecular formula is C14H15N3O3. The number of carbonyl (C=O) groups is 1. The fraction of sp³-hybridized carbons (Fsp3) is 0.143. The quantitative estimate of drug-likeness (QED) is 0.869. The molecule has 0 radical (unpaired) electrons. The van der Waals surface area contributed by atoms with Gasteiger partial charge < -0.3 is 20.5 Å². The SMILES string of the molecule is COc1ccc(OC)c(Nc2ncccc2C(N)=O)c1. The van der Waals surface area contributed by atoms with Crippen LogP contribution in [0.15, 0.2) is 36.5 Å². The summed E-state index contributed by atoms with van der Waals surface area (Å²) in [5.41, 5.74) is 6.26. The maximum Gasteiger partial charge on any atom is 0.252 e. The van der Waals surface area contributed by atoms with E-state index in [2.05, 4.69) is 10.3 Å². The Balaban J connectivity index is 2.41. The molecule has 1 heterocycles. The average Bonchev–Trinajstić information content (AvgIpc) is 2.47. The van der Waals surface area contributed by atoms with Crippen molar-refractivity contribution in [3.05, 3.63) is 42.1 Å². The van der Waals surface area contributed by atoms with Gasteiger partial charge in [-0.15, -0.1) is 0 Å². The van der Waals surface area contributed by atoms with Gasteiger partial charge >= 0.3 is 0 Å². The number of nitrogens with zero attached hydrogens (tertiary/aromatic N) is 1. The summed E-state index contributed by atoms with van der Waals surface area (Å²) in [6.07, 6.45) is 1.57. The molecule has 1 aromatic carbocycles. The second kappa shape index (κ2) is 5.92. The number of anilines is 2. The number of hydrogen-bond acceptors (Lipinski definition) is 5. The maximum atomic E-state index is 11.4. The van der Waals surface area contributed by atoms with Crippen molar-refractivity contribution >= 4 is 17.4 Å². The van der Waals surface area contributed by atoms with Crippen molar-refractivity contribution in [3.8, 4) is 11.5 Å². The molecule has 0 aliphatic heterocycles. The van der Waals surface area contributed by atoms with Gasteiger partial charge in [0.2, 0.25) is 0 Å². The van der Waals surface area contributed by atoms with E-state index in [9.17, 15) is 4.79 Å². The van der Waals surface area contributed by atoms with Crippen LogP contribution in [0.2, 0.25) is 0 Å². The molecular weight excluding hydrogens is 258 g/mol. The summed E-state index contributed by atoms with van der Waals surface area (Å²) >= 11 is 0. The van der Waals surface area contributed by atoms with E-state index in [4.69, 9.17) is 15.2 Å². The molecule has 0 fully saturated rings. The zero-order chi connectivity index (χ0) is 14.5. The van der Waals surface area contributed by atoms with E-state index in [1.807, 2.05) is 0 Å². The first-order chi connectivity index (χ1) is 9.65. The lowest BCUT2D eigenvalue weighted by Crippen LogP contribution is -2.14. The topological polar surface area (TPSA) is 86.5 Å². The highest BCUT2D eigenvalue weighted by atomic mass is 16.5. The van der Waals surface area contributed by atoms with Crippen molar-refractivity contribution in [1.29, 1.82) is 0 Å². The lowest BCUT2D eigenvalue weighted by atomic mass is 10.2. The Labute approximate surface area is 116 Å². The summed E-state index contributed by atoms with van der Waals surface area (Å²) in [5.74, 6) is 1.07. The van der Waals surface area contributed by atoms with Crippen LogP contribution in [-0.2, 0) is 0 Å². The predicted octanol–water partition coefficient (Wildman–Crippen LogP) is 1.94. The lowest BCUT2D eigenvalue weighted by molar-refractivity contribution is 0.100. The first-order valence-electron chi connectivity index (χ1n) is 5.89. The van der Waals surface area contributed by atoms with Gasteiger partial charge in [0.05, 0.1) is 25.5 Å². The van der Waals surface area contributed by atoms with E-state index in [1.165, 1.54) is 0 Å². The third kappa shape index (κ3) is 2.80. The third-order valence-electron chi connectivity index (χ3n) is 2.73. The zero-order valence-corrected chi connectivity index (χ0v) is 11.2. The summed E-state index contributed by atoms with van der Waals surface area (Å²) in [7, 11) is 3.13. The first-order valence-corrected chi connectivity index (χ1v) is 5.89. The molecule has 0 saturated carbocycles. The molecule has 0 aliphatic rings. The molecule has 0 aliphatic carbocycles. The number of hydrogen-bond donors (Lipinski definition) is 2. The normalized spacial score (nSPS) is 9.90. The Morgan fingerprint density at radius 1 is 1.25 bits per heavy atom. The molecule has 0 bridgehead atoms. The monoisotopic (exact) mass is 273 g/mol. The highest BCUT2D eigenvalue weighted by Crippen LogP contribution is 2.31. The van der Waals surface area contributed by atoms with E-state index in [0.717, 1.165) is 0 Å². The van der Waals surface area contributed by atoms with Crippen molar-refractivity contribution < 1.29 is 14.3 Å². The van der Waals surface area contributed by atoms with Gasteiger partial charge in [-0.25, -0.2) is 4.98 Å². The smallest absolute Gasteiger partial charge is 0.252 e. The fourth-order valence-corrected chi connectivity index (χ4v) is 1.74. The van der Waals surface area contributed by atoms with Crippen LogP contribution in [0.4, 0.5) is 11.5 Å². The number of aromatic nitrogens is 1. The summed E-state index contributed by atoms with van der Waals surface area (Å²) in [6, 6.07) is 8.53. The van der Waals surface area contributed by atoms with Crippen LogP contribution in [0.3, 0.4) is 0 Å². The van der Waals surface area contributed by atoms with Gasteiger partial charge in [-0.05, 0) is 24.3 Å². The van der Waals surface area contributed by atoms with Crippen LogP contribution < -0.4 is 20.5 Å². The van der Waals surface area contributed by atoms with E-state index >= 15 is 0 Å². The lowest BCUT2D eigenvalue weighted by Gasteiger charge is -2.13. The molecule has 0 atom stereocenters. The molecule has 3 N–H and O–H groups in total. The van der Waals surface area contributed by atoms with Gasteiger partial charge in [-0.3, -0.25) is 4.79 Å². The minimum absolute atomic E-state index is 0.303. The zero-order valence-electron chi connectivity index (χ0n) is 11.2. The Hall–Kier alpha value is -2.76. The van der Waals surface area contributed by atoms with Gasteiger partial charge in [0.15, 0.2) is 0 Å². The summed E-state index contributed by atoms with van der Waals surface area (Å²) in [5, 5.41) is 3.03. The summed E-state index contributed by atoms with van der Waals surface area (Å²) in [6.45, 7) is 0. The second-order valence-corrected chi connectivity index (χ2v) is 3.96. The van der Waals surface area contributed by atoms with E-state index < -0.39 is 5.91 Å². The predicted molar refractivity (Wildman–Crippen MR) is 75.6 cm³/mol. The second-order valence-electron chi connectivity index (χ2n) is 3.96. The molecule has 104 valence electrons. The third-order valence-corrected chi connectivity index (χ3v) is 2.73. The molecule has 2 rings (SSSR count). The number of amides is 1. The first kappa shape index (κ1) is 13.7. The maximum absolute atomic E-state index is 11.4. The molecule has 0 spiro atoms. The fourth-order valence-electron chi connectivity index (χ4n) is 1.74. The molecule has 6 heteroatoms. The van der Waals surface area contributed by atoms with Crippen molar-refractivity contribution in [1.82, 2.24) is 4.98 Å². The largest absolute Gasteiger partial charge is 0.497 e. The highest BCUT2D eigenvalue weighted by molar-refractivity contribution is 5.98. The van der Waals surface area contributed by atoms with E-state index in [0.29, 0.717) is 28.6 Å². The van der Waals surface area contributed by atoms with Crippen molar-refractivity contribution in [2.45, 2.75) is 0 Å². The van der Waals surface area contributed by atoms with Crippen LogP contribution in [0.5, 0.6) is 11.5 Å². The molecule has 0 saturated heterocycles. The molecule has 6 nitrogen and oxygen atoms in total. The van der Waals surface area contributed by atoms with Crippen LogP contribution in [0, 0.1) is 0 Å². The Morgan fingerprint density at radius 3 is 2.70 bits per heavy atom. The number of carbonyl (C=O) groups excluding carboxylic acids is 1. The molecule has 1 aromatic heterocycles. The highest BCUT2D eigenvalue weighted by Gasteiger charge is 2.12. The van der Waals surface area contributed by atoms with E-state index in [1.54, 1.807) is 50.7 Å². The number of ether oxygens (including phenoxy) is 2. The average molecular weight is 273 g/mol. The van der Waals surface area contributed by atoms with Gasteiger partial charge in [-0.2, -0.15) is 0 Å². The van der Waals surface area contributed by atoms with Gasteiger partial charge in [0.1, 0.15) is 17.3 Å². The Morgan fingerprint density at radius 2 is 2.05 bits per heavy atom. The molecule has 2 aromatic rings. The molecule has 0 unspecified atom stereocenters. The number of nitrogens with one attached hydrogen (secondary N) is 1. The van der Waals surface area contributed by atoms with Crippen LogP contribution >= 0.6 is 0 Å². The minimum Gasteiger partial charge on any atom is -0.497 e. The molecule has 20 heavy (non-hydrogen) atoms. The Bertz CT molecular complexity index is 629. The number of rotatable bonds is 5. The standard InChI is InChI=1S/C14H15N3O3/c1-19-9-5-6-12(20-2)11(8-9)17-14-10(13(15)18)4-3-7-16-14/h3-8H,1-2H3,(H2,15,18)(H,16,17). The number of benzene rings is 1.